The molecule has 2 aliphatic heterocycles. The number of hydrogen-bond donors (Lipinski definition) is 1. The Morgan fingerprint density at radius 2 is 2.33 bits per heavy atom. The zero-order valence-electron chi connectivity index (χ0n) is 10.0. The Morgan fingerprint density at radius 1 is 1.47 bits per heavy atom. The summed E-state index contributed by atoms with van der Waals surface area (Å²) < 4.78 is 5.72. The van der Waals surface area contributed by atoms with Gasteiger partial charge in [-0.2, -0.15) is 0 Å². The molecule has 1 N–H and O–H groups in total. The minimum Gasteiger partial charge on any atom is -0.376 e. The standard InChI is InChI=1S/C12H24N2O/c1-3-12-9-15-10(2)7-14(12)8-11-4-5-13-6-11/h10-13H,3-9H2,1-2H3. The average molecular weight is 212 g/mol. The molecule has 88 valence electrons. The molecule has 0 bridgehead atoms. The summed E-state index contributed by atoms with van der Waals surface area (Å²) in [6.07, 6.45) is 2.98. The Bertz CT molecular complexity index is 192. The highest BCUT2D eigenvalue weighted by Gasteiger charge is 2.28. The monoisotopic (exact) mass is 212 g/mol. The predicted molar refractivity (Wildman–Crippen MR) is 62.0 cm³/mol. The summed E-state index contributed by atoms with van der Waals surface area (Å²) in [6.45, 7) is 10.2. The molecule has 3 unspecified atom stereocenters. The van der Waals surface area contributed by atoms with Crippen LogP contribution in [0.25, 0.3) is 0 Å². The van der Waals surface area contributed by atoms with Crippen molar-refractivity contribution < 1.29 is 4.74 Å². The summed E-state index contributed by atoms with van der Waals surface area (Å²) >= 11 is 0. The van der Waals surface area contributed by atoms with E-state index in [-0.39, 0.29) is 0 Å². The summed E-state index contributed by atoms with van der Waals surface area (Å²) in [4.78, 5) is 2.64. The predicted octanol–water partition coefficient (Wildman–Crippen LogP) is 1.10. The second kappa shape index (κ2) is 5.28. The first-order valence-corrected chi connectivity index (χ1v) is 6.36. The molecule has 0 radical (unpaired) electrons. The zero-order valence-corrected chi connectivity index (χ0v) is 10.0. The summed E-state index contributed by atoms with van der Waals surface area (Å²) in [7, 11) is 0. The molecule has 2 aliphatic rings. The van der Waals surface area contributed by atoms with Gasteiger partial charge in [0.2, 0.25) is 0 Å². The van der Waals surface area contributed by atoms with E-state index in [4.69, 9.17) is 4.74 Å². The van der Waals surface area contributed by atoms with Crippen LogP contribution in [0.2, 0.25) is 0 Å². The first-order chi connectivity index (χ1) is 7.29. The highest BCUT2D eigenvalue weighted by Crippen LogP contribution is 2.18. The molecule has 0 aromatic rings. The maximum absolute atomic E-state index is 5.72. The second-order valence-electron chi connectivity index (χ2n) is 5.02. The largest absolute Gasteiger partial charge is 0.376 e. The maximum Gasteiger partial charge on any atom is 0.0674 e. The van der Waals surface area contributed by atoms with Crippen LogP contribution in [0, 0.1) is 5.92 Å². The fourth-order valence-corrected chi connectivity index (χ4v) is 2.71. The highest BCUT2D eigenvalue weighted by molar-refractivity contribution is 4.82. The Labute approximate surface area is 93.2 Å². The van der Waals surface area contributed by atoms with Crippen molar-refractivity contribution >= 4 is 0 Å². The van der Waals surface area contributed by atoms with Crippen LogP contribution in [-0.4, -0.2) is 49.8 Å². The van der Waals surface area contributed by atoms with Gasteiger partial charge in [0.15, 0.2) is 0 Å². The maximum atomic E-state index is 5.72. The van der Waals surface area contributed by atoms with Crippen LogP contribution in [0.1, 0.15) is 26.7 Å². The smallest absolute Gasteiger partial charge is 0.0674 e. The Hall–Kier alpha value is -0.120. The molecule has 0 spiro atoms. The van der Waals surface area contributed by atoms with Gasteiger partial charge in [-0.3, -0.25) is 4.90 Å². The number of nitrogens with zero attached hydrogens (tertiary/aromatic N) is 1. The fourth-order valence-electron chi connectivity index (χ4n) is 2.71. The molecule has 0 aromatic heterocycles. The molecule has 2 rings (SSSR count). The summed E-state index contributed by atoms with van der Waals surface area (Å²) in [5.74, 6) is 0.865. The lowest BCUT2D eigenvalue weighted by molar-refractivity contribution is -0.0598. The molecule has 3 heteroatoms. The van der Waals surface area contributed by atoms with Crippen molar-refractivity contribution in [1.82, 2.24) is 10.2 Å². The first kappa shape index (κ1) is 11.4. The Morgan fingerprint density at radius 3 is 3.00 bits per heavy atom. The number of ether oxygens (including phenoxy) is 1. The molecular weight excluding hydrogens is 188 g/mol. The van der Waals surface area contributed by atoms with Crippen molar-refractivity contribution in [3.63, 3.8) is 0 Å². The molecule has 0 amide bonds. The van der Waals surface area contributed by atoms with Crippen LogP contribution < -0.4 is 5.32 Å². The molecule has 3 atom stereocenters. The number of hydrogen-bond acceptors (Lipinski definition) is 3. The normalized spacial score (nSPS) is 38.4. The van der Waals surface area contributed by atoms with E-state index >= 15 is 0 Å². The number of rotatable bonds is 3. The van der Waals surface area contributed by atoms with Crippen LogP contribution in [-0.2, 0) is 4.74 Å². The molecule has 0 aliphatic carbocycles. The van der Waals surface area contributed by atoms with E-state index in [9.17, 15) is 0 Å². The van der Waals surface area contributed by atoms with Gasteiger partial charge in [0.1, 0.15) is 0 Å². The van der Waals surface area contributed by atoms with Crippen molar-refractivity contribution in [1.29, 1.82) is 0 Å². The molecule has 15 heavy (non-hydrogen) atoms. The minimum absolute atomic E-state index is 0.419. The minimum atomic E-state index is 0.419. The van der Waals surface area contributed by atoms with Gasteiger partial charge in [0.05, 0.1) is 12.7 Å². The molecule has 2 heterocycles. The number of morpholine rings is 1. The van der Waals surface area contributed by atoms with Gasteiger partial charge in [-0.1, -0.05) is 6.92 Å². The van der Waals surface area contributed by atoms with Crippen LogP contribution >= 0.6 is 0 Å². The van der Waals surface area contributed by atoms with Crippen molar-refractivity contribution in [3.05, 3.63) is 0 Å². The van der Waals surface area contributed by atoms with E-state index in [2.05, 4.69) is 24.1 Å². The summed E-state index contributed by atoms with van der Waals surface area (Å²) in [5, 5.41) is 3.45. The molecule has 0 saturated carbocycles. The third-order valence-corrected chi connectivity index (χ3v) is 3.71. The Balaban J connectivity index is 1.85. The SMILES string of the molecule is CCC1COC(C)CN1CC1CCNC1. The summed E-state index contributed by atoms with van der Waals surface area (Å²) in [5.41, 5.74) is 0. The molecule has 3 nitrogen and oxygen atoms in total. The van der Waals surface area contributed by atoms with Gasteiger partial charge >= 0.3 is 0 Å². The van der Waals surface area contributed by atoms with Gasteiger partial charge < -0.3 is 10.1 Å². The molecule has 0 aromatic carbocycles. The lowest BCUT2D eigenvalue weighted by Gasteiger charge is -2.39. The van der Waals surface area contributed by atoms with Crippen LogP contribution in [0.3, 0.4) is 0 Å². The topological polar surface area (TPSA) is 24.5 Å². The van der Waals surface area contributed by atoms with E-state index in [1.54, 1.807) is 0 Å². The van der Waals surface area contributed by atoms with Gasteiger partial charge in [0, 0.05) is 19.1 Å². The fraction of sp³-hybridized carbons (Fsp3) is 1.00. The van der Waals surface area contributed by atoms with Crippen molar-refractivity contribution in [3.8, 4) is 0 Å². The van der Waals surface area contributed by atoms with Gasteiger partial charge in [0.25, 0.3) is 0 Å². The lowest BCUT2D eigenvalue weighted by Crippen LogP contribution is -2.50. The number of nitrogens with one attached hydrogen (secondary N) is 1. The van der Waals surface area contributed by atoms with Crippen LogP contribution in [0.5, 0.6) is 0 Å². The second-order valence-corrected chi connectivity index (χ2v) is 5.02. The van der Waals surface area contributed by atoms with Crippen LogP contribution in [0.4, 0.5) is 0 Å². The van der Waals surface area contributed by atoms with E-state index in [0.717, 1.165) is 19.1 Å². The van der Waals surface area contributed by atoms with E-state index in [0.29, 0.717) is 12.1 Å². The summed E-state index contributed by atoms with van der Waals surface area (Å²) in [6, 6.07) is 0.654. The van der Waals surface area contributed by atoms with E-state index in [1.165, 1.54) is 32.5 Å². The highest BCUT2D eigenvalue weighted by atomic mass is 16.5. The van der Waals surface area contributed by atoms with E-state index in [1.807, 2.05) is 0 Å². The van der Waals surface area contributed by atoms with Crippen LogP contribution in [0.15, 0.2) is 0 Å². The average Bonchev–Trinajstić information content (AvgIpc) is 2.71. The van der Waals surface area contributed by atoms with Crippen molar-refractivity contribution in [2.45, 2.75) is 38.8 Å². The molecular formula is C12H24N2O. The molecule has 2 saturated heterocycles. The van der Waals surface area contributed by atoms with E-state index < -0.39 is 0 Å². The first-order valence-electron chi connectivity index (χ1n) is 6.36. The van der Waals surface area contributed by atoms with Crippen molar-refractivity contribution in [2.75, 3.05) is 32.8 Å². The van der Waals surface area contributed by atoms with Crippen molar-refractivity contribution in [2.24, 2.45) is 5.92 Å². The van der Waals surface area contributed by atoms with Gasteiger partial charge in [-0.15, -0.1) is 0 Å². The third kappa shape index (κ3) is 2.92. The Kier molecular flexibility index (Phi) is 4.00. The zero-order chi connectivity index (χ0) is 10.7. The third-order valence-electron chi connectivity index (χ3n) is 3.71. The van der Waals surface area contributed by atoms with Gasteiger partial charge in [-0.25, -0.2) is 0 Å². The van der Waals surface area contributed by atoms with Gasteiger partial charge in [-0.05, 0) is 38.8 Å². The molecule has 2 fully saturated rings. The quantitative estimate of drug-likeness (QED) is 0.758. The lowest BCUT2D eigenvalue weighted by atomic mass is 10.0.